The number of halogens is 2. The predicted octanol–water partition coefficient (Wildman–Crippen LogP) is 4.42. The van der Waals surface area contributed by atoms with Gasteiger partial charge in [0.25, 0.3) is 0 Å². The van der Waals surface area contributed by atoms with E-state index in [2.05, 4.69) is 25.9 Å². The number of H-pyrrole nitrogens is 1. The zero-order valence-corrected chi connectivity index (χ0v) is 13.3. The van der Waals surface area contributed by atoms with Crippen LogP contribution < -0.4 is 0 Å². The quantitative estimate of drug-likeness (QED) is 0.694. The van der Waals surface area contributed by atoms with E-state index in [1.807, 2.05) is 0 Å². The SMILES string of the molecule is CCOC(=O)c1[nH]c2cc(Br)c(Cl)cc2c1-c1ncco1. The number of carbonyl (C=O) groups is 1. The van der Waals surface area contributed by atoms with Gasteiger partial charge in [0.2, 0.25) is 5.89 Å². The van der Waals surface area contributed by atoms with Crippen molar-refractivity contribution in [3.05, 3.63) is 39.8 Å². The van der Waals surface area contributed by atoms with Gasteiger partial charge in [-0.3, -0.25) is 0 Å². The first-order valence-corrected chi connectivity index (χ1v) is 7.36. The summed E-state index contributed by atoms with van der Waals surface area (Å²) in [5.41, 5.74) is 1.58. The molecule has 5 nitrogen and oxygen atoms in total. The number of fused-ring (bicyclic) bond motifs is 1. The van der Waals surface area contributed by atoms with Crippen molar-refractivity contribution in [3.63, 3.8) is 0 Å². The van der Waals surface area contributed by atoms with Gasteiger partial charge in [0.15, 0.2) is 0 Å². The van der Waals surface area contributed by atoms with Gasteiger partial charge in [-0.2, -0.15) is 0 Å². The van der Waals surface area contributed by atoms with Crippen LogP contribution in [-0.4, -0.2) is 22.5 Å². The average Bonchev–Trinajstić information content (AvgIpc) is 3.06. The number of aromatic amines is 1. The summed E-state index contributed by atoms with van der Waals surface area (Å²) in [4.78, 5) is 19.3. The van der Waals surface area contributed by atoms with Crippen LogP contribution >= 0.6 is 27.5 Å². The third kappa shape index (κ3) is 2.45. The van der Waals surface area contributed by atoms with E-state index < -0.39 is 5.97 Å². The average molecular weight is 370 g/mol. The van der Waals surface area contributed by atoms with Crippen molar-refractivity contribution in [2.45, 2.75) is 6.92 Å². The Hall–Kier alpha value is -1.79. The number of nitrogens with one attached hydrogen (secondary N) is 1. The summed E-state index contributed by atoms with van der Waals surface area (Å²) in [5, 5.41) is 1.28. The van der Waals surface area contributed by atoms with Gasteiger partial charge in [-0.15, -0.1) is 0 Å². The number of aromatic nitrogens is 2. The summed E-state index contributed by atoms with van der Waals surface area (Å²) in [7, 11) is 0. The third-order valence-corrected chi connectivity index (χ3v) is 4.16. The molecular formula is C14H10BrClN2O3. The molecule has 1 N–H and O–H groups in total. The fraction of sp³-hybridized carbons (Fsp3) is 0.143. The molecule has 108 valence electrons. The normalized spacial score (nSPS) is 11.0. The summed E-state index contributed by atoms with van der Waals surface area (Å²) in [6.45, 7) is 2.03. The number of ether oxygens (including phenoxy) is 1. The van der Waals surface area contributed by atoms with E-state index in [4.69, 9.17) is 20.8 Å². The van der Waals surface area contributed by atoms with E-state index in [9.17, 15) is 4.79 Å². The predicted molar refractivity (Wildman–Crippen MR) is 82.5 cm³/mol. The third-order valence-electron chi connectivity index (χ3n) is 2.97. The zero-order chi connectivity index (χ0) is 15.0. The van der Waals surface area contributed by atoms with E-state index in [0.717, 1.165) is 15.4 Å². The Bertz CT molecular complexity index is 811. The fourth-order valence-corrected chi connectivity index (χ4v) is 2.62. The van der Waals surface area contributed by atoms with Gasteiger partial charge in [0.05, 0.1) is 23.4 Å². The summed E-state index contributed by atoms with van der Waals surface area (Å²) in [6.07, 6.45) is 2.97. The number of oxazole rings is 1. The summed E-state index contributed by atoms with van der Waals surface area (Å²) >= 11 is 9.50. The second kappa shape index (κ2) is 5.54. The number of carbonyl (C=O) groups excluding carboxylic acids is 1. The molecule has 0 atom stereocenters. The Morgan fingerprint density at radius 1 is 1.52 bits per heavy atom. The highest BCUT2D eigenvalue weighted by Gasteiger charge is 2.23. The van der Waals surface area contributed by atoms with E-state index in [0.29, 0.717) is 22.2 Å². The van der Waals surface area contributed by atoms with Gasteiger partial charge < -0.3 is 14.1 Å². The number of nitrogens with zero attached hydrogens (tertiary/aromatic N) is 1. The van der Waals surface area contributed by atoms with Gasteiger partial charge in [-0.05, 0) is 35.0 Å². The second-order valence-electron chi connectivity index (χ2n) is 4.24. The molecule has 0 radical (unpaired) electrons. The largest absolute Gasteiger partial charge is 0.461 e. The van der Waals surface area contributed by atoms with E-state index >= 15 is 0 Å². The van der Waals surface area contributed by atoms with Crippen LogP contribution in [0.5, 0.6) is 0 Å². The van der Waals surface area contributed by atoms with Crippen LogP contribution in [0.15, 0.2) is 33.5 Å². The second-order valence-corrected chi connectivity index (χ2v) is 5.51. The van der Waals surface area contributed by atoms with Crippen LogP contribution in [0.3, 0.4) is 0 Å². The first-order chi connectivity index (χ1) is 10.1. The van der Waals surface area contributed by atoms with Crippen LogP contribution in [0, 0.1) is 0 Å². The Morgan fingerprint density at radius 3 is 3.00 bits per heavy atom. The van der Waals surface area contributed by atoms with Crippen LogP contribution in [0.2, 0.25) is 5.02 Å². The van der Waals surface area contributed by atoms with Crippen molar-refractivity contribution >= 4 is 44.4 Å². The molecule has 0 spiro atoms. The minimum absolute atomic E-state index is 0.281. The number of rotatable bonds is 3. The molecule has 2 aromatic heterocycles. The molecule has 3 aromatic rings. The molecular weight excluding hydrogens is 360 g/mol. The molecule has 0 aliphatic heterocycles. The fourth-order valence-electron chi connectivity index (χ4n) is 2.11. The van der Waals surface area contributed by atoms with E-state index in [-0.39, 0.29) is 6.61 Å². The Kier molecular flexibility index (Phi) is 3.73. The molecule has 0 aliphatic carbocycles. The Labute approximate surface area is 133 Å². The van der Waals surface area contributed by atoms with Crippen LogP contribution in [0.1, 0.15) is 17.4 Å². The smallest absolute Gasteiger partial charge is 0.355 e. The maximum atomic E-state index is 12.1. The van der Waals surface area contributed by atoms with Crippen molar-refractivity contribution in [3.8, 4) is 11.5 Å². The molecule has 0 unspecified atom stereocenters. The first-order valence-electron chi connectivity index (χ1n) is 6.19. The minimum Gasteiger partial charge on any atom is -0.461 e. The summed E-state index contributed by atoms with van der Waals surface area (Å²) < 4.78 is 11.1. The van der Waals surface area contributed by atoms with Crippen molar-refractivity contribution in [2.75, 3.05) is 6.61 Å². The lowest BCUT2D eigenvalue weighted by molar-refractivity contribution is 0.0521. The van der Waals surface area contributed by atoms with Gasteiger partial charge in [-0.25, -0.2) is 9.78 Å². The molecule has 1 aromatic carbocycles. The maximum Gasteiger partial charge on any atom is 0.355 e. The zero-order valence-electron chi connectivity index (χ0n) is 10.9. The Morgan fingerprint density at radius 2 is 2.33 bits per heavy atom. The van der Waals surface area contributed by atoms with Crippen molar-refractivity contribution in [1.29, 1.82) is 0 Å². The monoisotopic (exact) mass is 368 g/mol. The number of hydrogen-bond acceptors (Lipinski definition) is 4. The van der Waals surface area contributed by atoms with Gasteiger partial charge in [0.1, 0.15) is 12.0 Å². The highest BCUT2D eigenvalue weighted by atomic mass is 79.9. The topological polar surface area (TPSA) is 68.1 Å². The molecule has 3 rings (SSSR count). The molecule has 0 aliphatic rings. The molecule has 2 heterocycles. The lowest BCUT2D eigenvalue weighted by Crippen LogP contribution is -2.06. The van der Waals surface area contributed by atoms with Crippen molar-refractivity contribution in [1.82, 2.24) is 9.97 Å². The number of esters is 1. The molecule has 0 bridgehead atoms. The molecule has 0 amide bonds. The molecule has 7 heteroatoms. The van der Waals surface area contributed by atoms with Gasteiger partial charge >= 0.3 is 5.97 Å². The van der Waals surface area contributed by atoms with Crippen molar-refractivity contribution < 1.29 is 13.9 Å². The summed E-state index contributed by atoms with van der Waals surface area (Å²) in [5.74, 6) is -0.128. The minimum atomic E-state index is -0.464. The van der Waals surface area contributed by atoms with Gasteiger partial charge in [0, 0.05) is 15.4 Å². The maximum absolute atomic E-state index is 12.1. The van der Waals surface area contributed by atoms with E-state index in [1.54, 1.807) is 19.1 Å². The van der Waals surface area contributed by atoms with Crippen LogP contribution in [-0.2, 0) is 4.74 Å². The Balaban J connectivity index is 2.31. The lowest BCUT2D eigenvalue weighted by Gasteiger charge is -2.01. The first kappa shape index (κ1) is 14.2. The van der Waals surface area contributed by atoms with Crippen molar-refractivity contribution in [2.24, 2.45) is 0 Å². The number of hydrogen-bond donors (Lipinski definition) is 1. The molecule has 0 saturated heterocycles. The number of benzene rings is 1. The molecule has 0 saturated carbocycles. The van der Waals surface area contributed by atoms with Crippen LogP contribution in [0.25, 0.3) is 22.4 Å². The molecule has 0 fully saturated rings. The summed E-state index contributed by atoms with van der Waals surface area (Å²) in [6, 6.07) is 3.55. The van der Waals surface area contributed by atoms with E-state index in [1.165, 1.54) is 12.5 Å². The van der Waals surface area contributed by atoms with Gasteiger partial charge in [-0.1, -0.05) is 11.6 Å². The molecule has 21 heavy (non-hydrogen) atoms. The highest BCUT2D eigenvalue weighted by molar-refractivity contribution is 9.10. The lowest BCUT2D eigenvalue weighted by atomic mass is 10.1. The highest BCUT2D eigenvalue weighted by Crippen LogP contribution is 2.36. The van der Waals surface area contributed by atoms with Crippen LogP contribution in [0.4, 0.5) is 0 Å². The standard InChI is InChI=1S/C14H10BrClN2O3/c1-2-20-14(19)12-11(13-17-3-4-21-13)7-5-9(16)8(15)6-10(7)18-12/h3-6,18H,2H2,1H3.